The lowest BCUT2D eigenvalue weighted by molar-refractivity contribution is 0.102. The van der Waals surface area contributed by atoms with Crippen LogP contribution in [0.4, 0.5) is 0 Å². The van der Waals surface area contributed by atoms with E-state index in [9.17, 15) is 4.79 Å². The molecule has 2 aromatic carbocycles. The van der Waals surface area contributed by atoms with Crippen LogP contribution in [-0.4, -0.2) is 5.78 Å². The highest BCUT2D eigenvalue weighted by molar-refractivity contribution is 9.10. The van der Waals surface area contributed by atoms with Crippen molar-refractivity contribution in [3.8, 4) is 0 Å². The largest absolute Gasteiger partial charge is 0.289 e. The van der Waals surface area contributed by atoms with Crippen molar-refractivity contribution in [3.05, 3.63) is 73.7 Å². The molecule has 0 spiro atoms. The molecule has 1 aliphatic carbocycles. The summed E-state index contributed by atoms with van der Waals surface area (Å²) in [6.07, 6.45) is 3.72. The number of ketones is 1. The third-order valence-corrected chi connectivity index (χ3v) is 4.44. The smallest absolute Gasteiger partial charge is 0.189 e. The number of halogens is 2. The molecule has 3 rings (SSSR count). The van der Waals surface area contributed by atoms with E-state index >= 15 is 0 Å². The van der Waals surface area contributed by atoms with Crippen molar-refractivity contribution in [2.24, 2.45) is 0 Å². The molecule has 0 radical (unpaired) electrons. The van der Waals surface area contributed by atoms with Crippen LogP contribution in [0.1, 0.15) is 27.9 Å². The van der Waals surface area contributed by atoms with E-state index in [-0.39, 0.29) is 5.78 Å². The van der Waals surface area contributed by atoms with Crippen molar-refractivity contribution in [2.75, 3.05) is 0 Å². The van der Waals surface area contributed by atoms with Crippen molar-refractivity contribution in [1.82, 2.24) is 0 Å². The third kappa shape index (κ3) is 2.79. The second kappa shape index (κ2) is 5.66. The van der Waals surface area contributed by atoms with Crippen molar-refractivity contribution >= 4 is 43.7 Å². The van der Waals surface area contributed by atoms with E-state index in [2.05, 4.69) is 31.9 Å². The van der Waals surface area contributed by atoms with Gasteiger partial charge in [-0.15, -0.1) is 0 Å². The first-order valence-electron chi connectivity index (χ1n) is 6.43. The highest BCUT2D eigenvalue weighted by Gasteiger charge is 2.21. The van der Waals surface area contributed by atoms with E-state index < -0.39 is 0 Å². The Morgan fingerprint density at radius 2 is 1.75 bits per heavy atom. The number of allylic oxidation sites excluding steroid dienone is 1. The van der Waals surface area contributed by atoms with Crippen molar-refractivity contribution in [3.63, 3.8) is 0 Å². The molecule has 0 saturated carbocycles. The minimum absolute atomic E-state index is 0.152. The average molecular weight is 392 g/mol. The zero-order chi connectivity index (χ0) is 14.1. The highest BCUT2D eigenvalue weighted by Crippen LogP contribution is 2.29. The quantitative estimate of drug-likeness (QED) is 0.592. The van der Waals surface area contributed by atoms with Crippen LogP contribution in [0.25, 0.3) is 6.08 Å². The molecule has 0 N–H and O–H groups in total. The maximum Gasteiger partial charge on any atom is 0.189 e. The van der Waals surface area contributed by atoms with Crippen LogP contribution in [-0.2, 0) is 6.42 Å². The zero-order valence-electron chi connectivity index (χ0n) is 10.7. The lowest BCUT2D eigenvalue weighted by Gasteiger charge is -2.17. The second-order valence-electron chi connectivity index (χ2n) is 4.86. The van der Waals surface area contributed by atoms with Gasteiger partial charge in [-0.05, 0) is 60.4 Å². The molecular weight excluding hydrogens is 380 g/mol. The molecule has 0 aliphatic heterocycles. The lowest BCUT2D eigenvalue weighted by Crippen LogP contribution is -2.13. The predicted molar refractivity (Wildman–Crippen MR) is 88.9 cm³/mol. The Hall–Kier alpha value is -1.19. The summed E-state index contributed by atoms with van der Waals surface area (Å²) in [5.74, 6) is 0.152. The van der Waals surface area contributed by atoms with Crippen LogP contribution in [0.2, 0.25) is 0 Å². The molecule has 3 heteroatoms. The topological polar surface area (TPSA) is 17.1 Å². The molecule has 0 heterocycles. The number of hydrogen-bond acceptors (Lipinski definition) is 1. The number of hydrogen-bond donors (Lipinski definition) is 0. The maximum atomic E-state index is 12.5. The molecule has 0 aromatic heterocycles. The van der Waals surface area contributed by atoms with Gasteiger partial charge in [0.1, 0.15) is 0 Å². The number of benzene rings is 2. The van der Waals surface area contributed by atoms with Crippen molar-refractivity contribution in [1.29, 1.82) is 0 Å². The first-order valence-corrected chi connectivity index (χ1v) is 8.01. The monoisotopic (exact) mass is 390 g/mol. The van der Waals surface area contributed by atoms with Gasteiger partial charge in [0, 0.05) is 20.1 Å². The van der Waals surface area contributed by atoms with Gasteiger partial charge in [-0.2, -0.15) is 0 Å². The zero-order valence-corrected chi connectivity index (χ0v) is 13.9. The van der Waals surface area contributed by atoms with Gasteiger partial charge < -0.3 is 0 Å². The first-order chi connectivity index (χ1) is 9.63. The Kier molecular flexibility index (Phi) is 3.90. The summed E-state index contributed by atoms with van der Waals surface area (Å²) < 4.78 is 2.06. The summed E-state index contributed by atoms with van der Waals surface area (Å²) in [7, 11) is 0. The Bertz CT molecular complexity index is 717. The molecule has 1 aliphatic rings. The number of aryl methyl sites for hydroxylation is 1. The molecule has 0 amide bonds. The van der Waals surface area contributed by atoms with E-state index in [0.29, 0.717) is 0 Å². The van der Waals surface area contributed by atoms with Crippen LogP contribution in [0.3, 0.4) is 0 Å². The summed E-state index contributed by atoms with van der Waals surface area (Å²) in [6, 6.07) is 13.9. The molecule has 2 aromatic rings. The van der Waals surface area contributed by atoms with Gasteiger partial charge in [0.25, 0.3) is 0 Å². The predicted octanol–water partition coefficient (Wildman–Crippen LogP) is 5.42. The number of fused-ring (bicyclic) bond motifs is 1. The Morgan fingerprint density at radius 3 is 2.55 bits per heavy atom. The van der Waals surface area contributed by atoms with Crippen molar-refractivity contribution in [2.45, 2.75) is 12.8 Å². The summed E-state index contributed by atoms with van der Waals surface area (Å²) in [4.78, 5) is 12.5. The van der Waals surface area contributed by atoms with Gasteiger partial charge in [0.05, 0.1) is 0 Å². The number of carbonyl (C=O) groups excluding carboxylic acids is 1. The fraction of sp³-hybridized carbons (Fsp3) is 0.118. The van der Waals surface area contributed by atoms with Gasteiger partial charge in [-0.25, -0.2) is 0 Å². The second-order valence-corrected chi connectivity index (χ2v) is 6.69. The minimum atomic E-state index is 0.152. The van der Waals surface area contributed by atoms with Crippen LogP contribution < -0.4 is 0 Å². The average Bonchev–Trinajstić information content (AvgIpc) is 2.42. The summed E-state index contributed by atoms with van der Waals surface area (Å²) in [6.45, 7) is 0. The van der Waals surface area contributed by atoms with Gasteiger partial charge in [-0.1, -0.05) is 44.0 Å². The van der Waals surface area contributed by atoms with E-state index in [0.717, 1.165) is 44.1 Å². The fourth-order valence-corrected chi connectivity index (χ4v) is 3.31. The highest BCUT2D eigenvalue weighted by atomic mass is 79.9. The Balaban J connectivity index is 1.98. The molecule has 0 fully saturated rings. The van der Waals surface area contributed by atoms with E-state index in [1.807, 2.05) is 48.5 Å². The van der Waals surface area contributed by atoms with Crippen LogP contribution in [0.5, 0.6) is 0 Å². The summed E-state index contributed by atoms with van der Waals surface area (Å²) >= 11 is 6.91. The number of rotatable bonds is 1. The van der Waals surface area contributed by atoms with Crippen LogP contribution >= 0.6 is 31.9 Å². The van der Waals surface area contributed by atoms with Gasteiger partial charge in [0.2, 0.25) is 0 Å². The third-order valence-electron chi connectivity index (χ3n) is 3.46. The molecule has 20 heavy (non-hydrogen) atoms. The molecule has 100 valence electrons. The summed E-state index contributed by atoms with van der Waals surface area (Å²) in [5.41, 5.74) is 3.91. The molecular formula is C17H12Br2O. The maximum absolute atomic E-state index is 12.5. The first kappa shape index (κ1) is 13.8. The number of Topliss-reactive ketones (excluding diaryl/α,β-unsaturated/α-hetero) is 1. The van der Waals surface area contributed by atoms with E-state index in [4.69, 9.17) is 0 Å². The minimum Gasteiger partial charge on any atom is -0.289 e. The van der Waals surface area contributed by atoms with E-state index in [1.54, 1.807) is 0 Å². The molecule has 0 atom stereocenters. The molecule has 0 bridgehead atoms. The lowest BCUT2D eigenvalue weighted by atomic mass is 9.86. The van der Waals surface area contributed by atoms with Gasteiger partial charge in [-0.3, -0.25) is 4.79 Å². The Morgan fingerprint density at radius 1 is 0.950 bits per heavy atom. The normalized spacial score (nSPS) is 16.3. The standard InChI is InChI=1S/C17H12Br2O/c18-14-3-1-2-11(9-14)8-13-5-4-12-10-15(19)6-7-16(12)17(13)20/h1-3,6-10H,4-5H2/b13-8+. The number of carbonyl (C=O) groups is 1. The molecule has 1 nitrogen and oxygen atoms in total. The van der Waals surface area contributed by atoms with Crippen LogP contribution in [0.15, 0.2) is 57.0 Å². The summed E-state index contributed by atoms with van der Waals surface area (Å²) in [5, 5.41) is 0. The fourth-order valence-electron chi connectivity index (χ4n) is 2.48. The van der Waals surface area contributed by atoms with Gasteiger partial charge in [0.15, 0.2) is 5.78 Å². The molecule has 0 unspecified atom stereocenters. The Labute approximate surface area is 135 Å². The SMILES string of the molecule is O=C1/C(=C/c2cccc(Br)c2)CCc2cc(Br)ccc21. The molecule has 0 saturated heterocycles. The van der Waals surface area contributed by atoms with Gasteiger partial charge >= 0.3 is 0 Å². The van der Waals surface area contributed by atoms with Crippen molar-refractivity contribution < 1.29 is 4.79 Å². The van der Waals surface area contributed by atoms with E-state index in [1.165, 1.54) is 0 Å². The van der Waals surface area contributed by atoms with Crippen LogP contribution in [0, 0.1) is 0 Å².